The monoisotopic (exact) mass is 358 g/mol. The topological polar surface area (TPSA) is 38.4 Å². The third kappa shape index (κ3) is 4.69. The maximum atomic E-state index is 5.87. The number of hydrazone groups is 1. The van der Waals surface area contributed by atoms with E-state index in [1.165, 1.54) is 24.0 Å². The van der Waals surface area contributed by atoms with E-state index >= 15 is 0 Å². The average Bonchev–Trinajstić information content (AvgIpc) is 2.67. The zero-order valence-electron chi connectivity index (χ0n) is 18.5. The highest BCUT2D eigenvalue weighted by molar-refractivity contribution is 5.96. The van der Waals surface area contributed by atoms with Gasteiger partial charge in [0.2, 0.25) is 0 Å². The highest BCUT2D eigenvalue weighted by Crippen LogP contribution is 2.39. The maximum Gasteiger partial charge on any atom is 0.0506 e. The smallest absolute Gasteiger partial charge is 0.0506 e. The van der Waals surface area contributed by atoms with Gasteiger partial charge in [-0.3, -0.25) is 0 Å². The van der Waals surface area contributed by atoms with Crippen molar-refractivity contribution in [1.29, 1.82) is 0 Å². The minimum atomic E-state index is -0.106. The van der Waals surface area contributed by atoms with E-state index in [0.717, 1.165) is 30.9 Å². The summed E-state index contributed by atoms with van der Waals surface area (Å²) in [5, 5.41) is 4.27. The Bertz CT molecular complexity index is 592. The molecule has 0 aliphatic heterocycles. The van der Waals surface area contributed by atoms with Crippen molar-refractivity contribution in [3.05, 3.63) is 35.4 Å². The van der Waals surface area contributed by atoms with Crippen LogP contribution < -0.4 is 5.84 Å². The van der Waals surface area contributed by atoms with E-state index in [1.807, 2.05) is 0 Å². The van der Waals surface area contributed by atoms with Gasteiger partial charge < -0.3 is 5.84 Å². The first-order chi connectivity index (χ1) is 12.2. The van der Waals surface area contributed by atoms with E-state index in [0.29, 0.717) is 5.92 Å². The molecule has 1 rings (SSSR count). The van der Waals surface area contributed by atoms with Crippen molar-refractivity contribution < 1.29 is 0 Å². The third-order valence-corrected chi connectivity index (χ3v) is 6.96. The van der Waals surface area contributed by atoms with Gasteiger partial charge in [0.05, 0.1) is 5.71 Å². The van der Waals surface area contributed by atoms with Crippen LogP contribution in [0, 0.1) is 11.8 Å². The molecule has 1 aromatic rings. The lowest BCUT2D eigenvalue weighted by atomic mass is 9.68. The lowest BCUT2D eigenvalue weighted by Gasteiger charge is -2.36. The van der Waals surface area contributed by atoms with Crippen molar-refractivity contribution in [3.8, 4) is 0 Å². The van der Waals surface area contributed by atoms with Gasteiger partial charge in [0, 0.05) is 5.41 Å². The minimum Gasteiger partial charge on any atom is -0.323 e. The van der Waals surface area contributed by atoms with Crippen LogP contribution in [0.3, 0.4) is 0 Å². The summed E-state index contributed by atoms with van der Waals surface area (Å²) >= 11 is 0. The standard InChI is InChI=1S/C24H42N2/c1-9-18(5)17-23(7,11-3)20-14-13-15-21(16-20)24(8,12-4)22(26-25)19(6)10-2/h13-16,18-19H,9-12,17,25H2,1-8H3. The molecule has 0 aliphatic carbocycles. The Balaban J connectivity index is 3.40. The Morgan fingerprint density at radius 3 is 2.08 bits per heavy atom. The molecule has 0 aliphatic rings. The molecule has 4 unspecified atom stereocenters. The highest BCUT2D eigenvalue weighted by atomic mass is 15.1. The first-order valence-corrected chi connectivity index (χ1v) is 10.6. The maximum absolute atomic E-state index is 5.87. The summed E-state index contributed by atoms with van der Waals surface area (Å²) in [6, 6.07) is 9.24. The van der Waals surface area contributed by atoms with Gasteiger partial charge in [-0.1, -0.05) is 86.1 Å². The third-order valence-electron chi connectivity index (χ3n) is 6.96. The second-order valence-corrected chi connectivity index (χ2v) is 8.72. The van der Waals surface area contributed by atoms with Crippen molar-refractivity contribution in [2.45, 2.75) is 98.3 Å². The predicted molar refractivity (Wildman–Crippen MR) is 117 cm³/mol. The van der Waals surface area contributed by atoms with Gasteiger partial charge in [0.15, 0.2) is 0 Å². The van der Waals surface area contributed by atoms with Crippen molar-refractivity contribution in [2.24, 2.45) is 22.8 Å². The molecule has 2 N–H and O–H groups in total. The normalized spacial score (nSPS) is 19.5. The van der Waals surface area contributed by atoms with E-state index in [1.54, 1.807) is 0 Å². The lowest BCUT2D eigenvalue weighted by Crippen LogP contribution is -2.37. The Labute approximate surface area is 162 Å². The van der Waals surface area contributed by atoms with Gasteiger partial charge in [-0.05, 0) is 54.1 Å². The molecule has 0 saturated carbocycles. The second-order valence-electron chi connectivity index (χ2n) is 8.72. The van der Waals surface area contributed by atoms with E-state index in [-0.39, 0.29) is 10.8 Å². The van der Waals surface area contributed by atoms with Crippen molar-refractivity contribution in [2.75, 3.05) is 0 Å². The van der Waals surface area contributed by atoms with Gasteiger partial charge in [-0.25, -0.2) is 0 Å². The minimum absolute atomic E-state index is 0.106. The Morgan fingerprint density at radius 2 is 1.62 bits per heavy atom. The van der Waals surface area contributed by atoms with Gasteiger partial charge >= 0.3 is 0 Å². The first-order valence-electron chi connectivity index (χ1n) is 10.6. The van der Waals surface area contributed by atoms with Crippen LogP contribution in [-0.2, 0) is 10.8 Å². The van der Waals surface area contributed by atoms with Crippen LogP contribution in [0.25, 0.3) is 0 Å². The predicted octanol–water partition coefficient (Wildman–Crippen LogP) is 6.82. The summed E-state index contributed by atoms with van der Waals surface area (Å²) in [6.07, 6.45) is 5.69. The fourth-order valence-electron chi connectivity index (χ4n) is 4.16. The van der Waals surface area contributed by atoms with Crippen LogP contribution in [0.5, 0.6) is 0 Å². The fraction of sp³-hybridized carbons (Fsp3) is 0.708. The molecule has 0 spiro atoms. The van der Waals surface area contributed by atoms with Gasteiger partial charge in [0.1, 0.15) is 0 Å². The zero-order valence-corrected chi connectivity index (χ0v) is 18.5. The molecule has 0 bridgehead atoms. The highest BCUT2D eigenvalue weighted by Gasteiger charge is 2.35. The zero-order chi connectivity index (χ0) is 20.0. The molecule has 0 amide bonds. The number of benzene rings is 1. The van der Waals surface area contributed by atoms with Crippen molar-refractivity contribution >= 4 is 5.71 Å². The largest absolute Gasteiger partial charge is 0.323 e. The lowest BCUT2D eigenvalue weighted by molar-refractivity contribution is 0.336. The van der Waals surface area contributed by atoms with Crippen LogP contribution in [0.1, 0.15) is 98.6 Å². The summed E-state index contributed by atoms with van der Waals surface area (Å²) in [5.74, 6) is 7.00. The summed E-state index contributed by atoms with van der Waals surface area (Å²) < 4.78 is 0. The Morgan fingerprint density at radius 1 is 1.00 bits per heavy atom. The molecule has 4 atom stereocenters. The van der Waals surface area contributed by atoms with Gasteiger partial charge in [-0.2, -0.15) is 5.10 Å². The SMILES string of the molecule is CCC(C)CC(C)(CC)c1cccc(C(C)(CC)C(=NN)C(C)CC)c1. The summed E-state index contributed by atoms with van der Waals surface area (Å²) in [7, 11) is 0. The van der Waals surface area contributed by atoms with Crippen LogP contribution in [0.15, 0.2) is 29.4 Å². The molecule has 26 heavy (non-hydrogen) atoms. The summed E-state index contributed by atoms with van der Waals surface area (Å²) in [4.78, 5) is 0. The number of hydrogen-bond acceptors (Lipinski definition) is 2. The van der Waals surface area contributed by atoms with Crippen LogP contribution in [0.4, 0.5) is 0 Å². The van der Waals surface area contributed by atoms with Crippen molar-refractivity contribution in [1.82, 2.24) is 0 Å². The van der Waals surface area contributed by atoms with Crippen LogP contribution >= 0.6 is 0 Å². The summed E-state index contributed by atoms with van der Waals surface area (Å²) in [5.41, 5.74) is 4.05. The second kappa shape index (κ2) is 9.58. The summed E-state index contributed by atoms with van der Waals surface area (Å²) in [6.45, 7) is 18.4. The van der Waals surface area contributed by atoms with E-state index in [9.17, 15) is 0 Å². The molecular weight excluding hydrogens is 316 g/mol. The number of nitrogens with zero attached hydrogens (tertiary/aromatic N) is 1. The molecule has 0 heterocycles. The molecule has 0 saturated heterocycles. The first kappa shape index (κ1) is 22.7. The Kier molecular flexibility index (Phi) is 8.37. The van der Waals surface area contributed by atoms with E-state index < -0.39 is 0 Å². The van der Waals surface area contributed by atoms with Crippen LogP contribution in [-0.4, -0.2) is 5.71 Å². The van der Waals surface area contributed by atoms with Crippen LogP contribution in [0.2, 0.25) is 0 Å². The Hall–Kier alpha value is -1.31. The van der Waals surface area contributed by atoms with E-state index in [2.05, 4.69) is 84.8 Å². The molecule has 2 nitrogen and oxygen atoms in total. The average molecular weight is 359 g/mol. The number of rotatable bonds is 10. The van der Waals surface area contributed by atoms with Gasteiger partial charge in [-0.15, -0.1) is 0 Å². The molecular formula is C24H42N2. The van der Waals surface area contributed by atoms with Gasteiger partial charge in [0.25, 0.3) is 0 Å². The fourth-order valence-corrected chi connectivity index (χ4v) is 4.16. The molecule has 2 heteroatoms. The van der Waals surface area contributed by atoms with Crippen molar-refractivity contribution in [3.63, 3.8) is 0 Å². The number of nitrogens with two attached hydrogens (primary N) is 1. The van der Waals surface area contributed by atoms with E-state index in [4.69, 9.17) is 5.84 Å². The quantitative estimate of drug-likeness (QED) is 0.278. The molecule has 1 aromatic carbocycles. The molecule has 0 aromatic heterocycles. The number of hydrogen-bond donors (Lipinski definition) is 1. The molecule has 0 radical (unpaired) electrons. The molecule has 0 fully saturated rings. The molecule has 148 valence electrons.